The molecule has 0 saturated carbocycles. The van der Waals surface area contributed by atoms with E-state index in [1.54, 1.807) is 18.2 Å². The number of sulfonamides is 1. The molecule has 0 aliphatic rings. The molecule has 3 N–H and O–H groups in total. The van der Waals surface area contributed by atoms with E-state index in [0.717, 1.165) is 18.0 Å². The molecule has 0 radical (unpaired) electrons. The van der Waals surface area contributed by atoms with E-state index in [4.69, 9.17) is 0 Å². The fourth-order valence-corrected chi connectivity index (χ4v) is 3.92. The molecule has 0 unspecified atom stereocenters. The molecule has 166 valence electrons. The predicted molar refractivity (Wildman–Crippen MR) is 113 cm³/mol. The van der Waals surface area contributed by atoms with Gasteiger partial charge >= 0.3 is 0 Å². The van der Waals surface area contributed by atoms with Crippen molar-refractivity contribution in [3.8, 4) is 0 Å². The van der Waals surface area contributed by atoms with Crippen molar-refractivity contribution >= 4 is 33.7 Å². The van der Waals surface area contributed by atoms with Crippen LogP contribution in [0.15, 0.2) is 29.4 Å². The van der Waals surface area contributed by atoms with Crippen LogP contribution in [0.25, 0.3) is 0 Å². The number of halogens is 2. The van der Waals surface area contributed by atoms with Gasteiger partial charge in [0.05, 0.1) is 18.9 Å². The van der Waals surface area contributed by atoms with Crippen molar-refractivity contribution in [1.29, 1.82) is 0 Å². The minimum Gasteiger partial charge on any atom is -0.394 e. The Labute approximate surface area is 179 Å². The summed E-state index contributed by atoms with van der Waals surface area (Å²) in [5, 5.41) is 12.7. The normalized spacial score (nSPS) is 12.9. The number of rotatable bonds is 11. The van der Waals surface area contributed by atoms with Crippen LogP contribution in [0.4, 0.5) is 20.7 Å². The lowest BCUT2D eigenvalue weighted by Crippen LogP contribution is -2.27. The quantitative estimate of drug-likeness (QED) is 0.437. The number of alkyl halides is 2. The van der Waals surface area contributed by atoms with Gasteiger partial charge in [-0.15, -0.1) is 0 Å². The standard InChI is InChI=1S/C18H25F2N5O3S2/c1-11(2)8-13(9-26)21-16-22-17(25-30(3,27)28)24-18(23-16)29-10-12-6-4-5-7-14(12)15(19)20/h4-7,11,13,15,26H,8-10H2,1-3H3,(H2,21,22,23,24,25)/t13-/m1/s1. The fourth-order valence-electron chi connectivity index (χ4n) is 2.65. The predicted octanol–water partition coefficient (Wildman–Crippen LogP) is 3.29. The van der Waals surface area contributed by atoms with Crippen LogP contribution in [0, 0.1) is 5.92 Å². The van der Waals surface area contributed by atoms with E-state index in [1.807, 2.05) is 13.8 Å². The summed E-state index contributed by atoms with van der Waals surface area (Å²) in [4.78, 5) is 12.4. The first-order valence-electron chi connectivity index (χ1n) is 9.17. The molecule has 2 rings (SSSR count). The zero-order chi connectivity index (χ0) is 22.3. The zero-order valence-corrected chi connectivity index (χ0v) is 18.5. The summed E-state index contributed by atoms with van der Waals surface area (Å²) in [6.07, 6.45) is -1.01. The van der Waals surface area contributed by atoms with Crippen molar-refractivity contribution in [3.05, 3.63) is 35.4 Å². The summed E-state index contributed by atoms with van der Waals surface area (Å²) in [6, 6.07) is 5.82. The molecule has 2 aromatic rings. The molecule has 0 aliphatic carbocycles. The van der Waals surface area contributed by atoms with Crippen molar-refractivity contribution in [1.82, 2.24) is 15.0 Å². The second kappa shape index (κ2) is 10.8. The minimum absolute atomic E-state index is 0.0795. The molecule has 0 saturated heterocycles. The Hall–Kier alpha value is -2.05. The maximum absolute atomic E-state index is 13.2. The highest BCUT2D eigenvalue weighted by Crippen LogP contribution is 2.28. The van der Waals surface area contributed by atoms with Gasteiger partial charge in [-0.3, -0.25) is 4.72 Å². The molecule has 0 fully saturated rings. The Morgan fingerprint density at radius 3 is 2.40 bits per heavy atom. The number of hydrogen-bond donors (Lipinski definition) is 3. The molecule has 1 aromatic carbocycles. The third kappa shape index (κ3) is 8.00. The Kier molecular flexibility index (Phi) is 8.74. The number of nitrogens with zero attached hydrogens (tertiary/aromatic N) is 3. The molecule has 1 heterocycles. The van der Waals surface area contributed by atoms with E-state index >= 15 is 0 Å². The SMILES string of the molecule is CC(C)C[C@H](CO)Nc1nc(NS(C)(=O)=O)nc(SCc2ccccc2C(F)F)n1. The van der Waals surface area contributed by atoms with Crippen molar-refractivity contribution in [2.45, 2.75) is 43.6 Å². The van der Waals surface area contributed by atoms with E-state index in [9.17, 15) is 22.3 Å². The average molecular weight is 462 g/mol. The summed E-state index contributed by atoms with van der Waals surface area (Å²) in [6.45, 7) is 3.83. The van der Waals surface area contributed by atoms with E-state index in [1.165, 1.54) is 6.07 Å². The highest BCUT2D eigenvalue weighted by molar-refractivity contribution is 7.98. The number of aromatic nitrogens is 3. The molecule has 30 heavy (non-hydrogen) atoms. The van der Waals surface area contributed by atoms with Crippen LogP contribution in [0.1, 0.15) is 37.8 Å². The van der Waals surface area contributed by atoms with Gasteiger partial charge in [0, 0.05) is 11.3 Å². The number of anilines is 2. The second-order valence-corrected chi connectivity index (χ2v) is 9.77. The number of aliphatic hydroxyl groups excluding tert-OH is 1. The molecule has 1 atom stereocenters. The third-order valence-electron chi connectivity index (χ3n) is 3.85. The fraction of sp³-hybridized carbons (Fsp3) is 0.500. The Bertz CT molecular complexity index is 945. The number of thioether (sulfide) groups is 1. The number of benzene rings is 1. The van der Waals surface area contributed by atoms with Crippen molar-refractivity contribution in [3.63, 3.8) is 0 Å². The number of nitrogens with one attached hydrogen (secondary N) is 2. The van der Waals surface area contributed by atoms with Gasteiger partial charge in [0.1, 0.15) is 0 Å². The topological polar surface area (TPSA) is 117 Å². The average Bonchev–Trinajstić information content (AvgIpc) is 2.64. The van der Waals surface area contributed by atoms with E-state index in [2.05, 4.69) is 25.0 Å². The molecule has 8 nitrogen and oxygen atoms in total. The first-order chi connectivity index (χ1) is 14.1. The van der Waals surface area contributed by atoms with E-state index in [0.29, 0.717) is 17.9 Å². The molecule has 0 spiro atoms. The first kappa shape index (κ1) is 24.2. The van der Waals surface area contributed by atoms with Crippen molar-refractivity contribution in [2.24, 2.45) is 5.92 Å². The second-order valence-electron chi connectivity index (χ2n) is 7.08. The van der Waals surface area contributed by atoms with Gasteiger partial charge in [-0.05, 0) is 17.9 Å². The summed E-state index contributed by atoms with van der Waals surface area (Å²) >= 11 is 1.08. The maximum Gasteiger partial charge on any atom is 0.264 e. The van der Waals surface area contributed by atoms with Crippen molar-refractivity contribution in [2.75, 3.05) is 22.9 Å². The molecule has 0 bridgehead atoms. The Morgan fingerprint density at radius 1 is 1.13 bits per heavy atom. The van der Waals surface area contributed by atoms with Gasteiger partial charge in [-0.25, -0.2) is 17.2 Å². The van der Waals surface area contributed by atoms with Gasteiger partial charge in [-0.1, -0.05) is 49.9 Å². The summed E-state index contributed by atoms with van der Waals surface area (Å²) < 4.78 is 51.7. The van der Waals surface area contributed by atoms with Crippen LogP contribution >= 0.6 is 11.8 Å². The molecule has 12 heteroatoms. The summed E-state index contributed by atoms with van der Waals surface area (Å²) in [5.74, 6) is 0.351. The van der Waals surface area contributed by atoms with Crippen LogP contribution in [0.3, 0.4) is 0 Å². The molecular formula is C18H25F2N5O3S2. The van der Waals surface area contributed by atoms with E-state index in [-0.39, 0.29) is 41.0 Å². The maximum atomic E-state index is 13.2. The highest BCUT2D eigenvalue weighted by Gasteiger charge is 2.17. The zero-order valence-electron chi connectivity index (χ0n) is 16.8. The Morgan fingerprint density at radius 2 is 1.80 bits per heavy atom. The largest absolute Gasteiger partial charge is 0.394 e. The van der Waals surface area contributed by atoms with Gasteiger partial charge in [0.15, 0.2) is 5.16 Å². The minimum atomic E-state index is -3.64. The molecular weight excluding hydrogens is 436 g/mol. The van der Waals surface area contributed by atoms with Crippen molar-refractivity contribution < 1.29 is 22.3 Å². The van der Waals surface area contributed by atoms with Gasteiger partial charge in [0.2, 0.25) is 21.9 Å². The van der Waals surface area contributed by atoms with Crippen LogP contribution in [0.2, 0.25) is 0 Å². The van der Waals surface area contributed by atoms with Crippen LogP contribution in [0.5, 0.6) is 0 Å². The van der Waals surface area contributed by atoms with Gasteiger partial charge in [0.25, 0.3) is 6.43 Å². The Balaban J connectivity index is 2.28. The molecule has 0 aliphatic heterocycles. The number of hydrogen-bond acceptors (Lipinski definition) is 8. The lowest BCUT2D eigenvalue weighted by atomic mass is 10.0. The van der Waals surface area contributed by atoms with Gasteiger partial charge in [-0.2, -0.15) is 15.0 Å². The summed E-state index contributed by atoms with van der Waals surface area (Å²) in [5.41, 5.74) is 0.349. The highest BCUT2D eigenvalue weighted by atomic mass is 32.2. The molecule has 0 amide bonds. The van der Waals surface area contributed by atoms with E-state index < -0.39 is 16.4 Å². The van der Waals surface area contributed by atoms with Crippen LogP contribution < -0.4 is 10.0 Å². The summed E-state index contributed by atoms with van der Waals surface area (Å²) in [7, 11) is -3.64. The molecule has 1 aromatic heterocycles. The van der Waals surface area contributed by atoms with Crippen LogP contribution in [-0.4, -0.2) is 47.4 Å². The monoisotopic (exact) mass is 461 g/mol. The van der Waals surface area contributed by atoms with Crippen LogP contribution in [-0.2, 0) is 15.8 Å². The first-order valence-corrected chi connectivity index (χ1v) is 12.0. The van der Waals surface area contributed by atoms with Gasteiger partial charge < -0.3 is 10.4 Å². The number of aliphatic hydroxyl groups is 1. The lowest BCUT2D eigenvalue weighted by molar-refractivity contribution is 0.150. The lowest BCUT2D eigenvalue weighted by Gasteiger charge is -2.18. The smallest absolute Gasteiger partial charge is 0.264 e. The third-order valence-corrected chi connectivity index (χ3v) is 5.30.